The number of ether oxygens (including phenoxy) is 1. The number of pyridine rings is 4. The maximum absolute atomic E-state index is 13.5. The summed E-state index contributed by atoms with van der Waals surface area (Å²) < 4.78 is 13.8. The molecule has 4 aliphatic heterocycles. The van der Waals surface area contributed by atoms with Gasteiger partial charge in [-0.3, -0.25) is 58.0 Å². The van der Waals surface area contributed by atoms with Gasteiger partial charge >= 0.3 is 23.9 Å². The lowest BCUT2D eigenvalue weighted by Gasteiger charge is -2.22. The molecule has 16 aromatic rings. The molecule has 0 unspecified atom stereocenters. The number of aliphatic carboxylic acids is 4. The molecule has 0 aliphatic carbocycles. The summed E-state index contributed by atoms with van der Waals surface area (Å²) in [7, 11) is 1.56. The van der Waals surface area contributed by atoms with Gasteiger partial charge in [0.25, 0.3) is 23.6 Å². The molecule has 0 fully saturated rings. The molecule has 0 radical (unpaired) electrons. The number of carbonyl (C=O) groups is 8. The molecule has 8 aromatic heterocycles. The van der Waals surface area contributed by atoms with Crippen LogP contribution >= 0.6 is 23.2 Å². The van der Waals surface area contributed by atoms with Gasteiger partial charge in [0.1, 0.15) is 51.8 Å². The SMILES string of the molecule is CC(C)n1ccnc1-c1cccc(N2Cc3ccc(-c4ccc(C(C)(C)C(=O)O)c(Cl)c4)cc3C2=O)n1.CC(C)n1ccnc1-c1cccc(N2Cc3ccc(-c4ccc(C(C)(C)C(=O)O)cc4Cl)cc3C2=O)n1.COc1cc(C(C)(C)C(=O)O)ccc1-c1ccc2c(c1)C(=O)N(c1cccc(-c3nccn3C(C)C)n1)C2.Cc1cc(-c2ccc3c(c2)C(=O)N(c2cccc(-c4nccn4C(C)C)n2)C3)ccc1C(C)(C)C(=O)O. The molecule has 0 saturated carbocycles. The van der Waals surface area contributed by atoms with Crippen LogP contribution in [0.2, 0.25) is 10.0 Å². The zero-order valence-electron chi connectivity index (χ0n) is 85.9. The molecule has 0 atom stereocenters. The van der Waals surface area contributed by atoms with Crippen molar-refractivity contribution < 1.29 is 63.5 Å². The summed E-state index contributed by atoms with van der Waals surface area (Å²) in [6.07, 6.45) is 14.7. The molecule has 0 spiro atoms. The largest absolute Gasteiger partial charge is 0.496 e. The normalized spacial score (nSPS) is 13.3. The molecular formula is C118H114Cl2N16O13. The Morgan fingerprint density at radius 1 is 0.315 bits per heavy atom. The summed E-state index contributed by atoms with van der Waals surface area (Å²) >= 11 is 13.1. The van der Waals surface area contributed by atoms with Gasteiger partial charge in [0.05, 0.1) is 54.9 Å². The van der Waals surface area contributed by atoms with Crippen LogP contribution in [0.25, 0.3) is 90.6 Å². The van der Waals surface area contributed by atoms with Gasteiger partial charge in [0.2, 0.25) is 0 Å². The summed E-state index contributed by atoms with van der Waals surface area (Å²) in [4.78, 5) is 144. The van der Waals surface area contributed by atoms with Gasteiger partial charge in [-0.2, -0.15) is 0 Å². The van der Waals surface area contributed by atoms with Crippen molar-refractivity contribution in [2.24, 2.45) is 0 Å². The molecule has 29 nitrogen and oxygen atoms in total. The minimum atomic E-state index is -1.11. The zero-order chi connectivity index (χ0) is 107. The van der Waals surface area contributed by atoms with Gasteiger partial charge in [0.15, 0.2) is 23.3 Å². The molecule has 149 heavy (non-hydrogen) atoms. The van der Waals surface area contributed by atoms with E-state index in [1.165, 1.54) is 0 Å². The van der Waals surface area contributed by atoms with Crippen LogP contribution in [-0.2, 0) is 67.0 Å². The van der Waals surface area contributed by atoms with Crippen LogP contribution in [0.1, 0.15) is 226 Å². The van der Waals surface area contributed by atoms with E-state index >= 15 is 0 Å². The van der Waals surface area contributed by atoms with E-state index in [4.69, 9.17) is 47.9 Å². The van der Waals surface area contributed by atoms with Crippen molar-refractivity contribution in [3.05, 3.63) is 350 Å². The number of amides is 4. The second-order valence-electron chi connectivity index (χ2n) is 40.6. The van der Waals surface area contributed by atoms with E-state index in [1.807, 2.05) is 223 Å². The zero-order valence-corrected chi connectivity index (χ0v) is 87.4. The van der Waals surface area contributed by atoms with Gasteiger partial charge in [-0.25, -0.2) is 39.9 Å². The smallest absolute Gasteiger partial charge is 0.313 e. The second-order valence-corrected chi connectivity index (χ2v) is 41.5. The van der Waals surface area contributed by atoms with E-state index in [0.717, 1.165) is 107 Å². The monoisotopic (exact) mass is 2030 g/mol. The Hall–Kier alpha value is -16.7. The Kier molecular flexibility index (Phi) is 28.8. The number of anilines is 4. The average molecular weight is 2040 g/mol. The van der Waals surface area contributed by atoms with Crippen LogP contribution in [-0.4, -0.2) is 133 Å². The molecular weight excluding hydrogens is 1920 g/mol. The molecule has 0 saturated heterocycles. The number of aryl methyl sites for hydroxylation is 1. The highest BCUT2D eigenvalue weighted by molar-refractivity contribution is 6.33. The van der Waals surface area contributed by atoms with Crippen molar-refractivity contribution in [3.63, 3.8) is 0 Å². The second kappa shape index (κ2) is 41.3. The summed E-state index contributed by atoms with van der Waals surface area (Å²) in [5, 5.41) is 39.1. The van der Waals surface area contributed by atoms with E-state index in [1.54, 1.807) is 143 Å². The third-order valence-corrected chi connectivity index (χ3v) is 28.7. The fourth-order valence-electron chi connectivity index (χ4n) is 18.8. The Bertz CT molecular complexity index is 7790. The summed E-state index contributed by atoms with van der Waals surface area (Å²) in [5.74, 6) is 1.78. The molecule has 0 bridgehead atoms. The van der Waals surface area contributed by atoms with Crippen molar-refractivity contribution in [1.29, 1.82) is 0 Å². The van der Waals surface area contributed by atoms with Crippen LogP contribution in [0.5, 0.6) is 5.75 Å². The van der Waals surface area contributed by atoms with Crippen molar-refractivity contribution in [2.45, 2.75) is 190 Å². The highest BCUT2D eigenvalue weighted by Crippen LogP contribution is 2.45. The number of carboxylic acids is 4. The van der Waals surface area contributed by atoms with E-state index in [0.29, 0.717) is 121 Å². The highest BCUT2D eigenvalue weighted by Gasteiger charge is 2.40. The van der Waals surface area contributed by atoms with E-state index < -0.39 is 45.5 Å². The first kappa shape index (κ1) is 104. The van der Waals surface area contributed by atoms with Gasteiger partial charge in [-0.05, 0) is 292 Å². The number of rotatable bonds is 25. The number of methoxy groups -OCH3 is 1. The van der Waals surface area contributed by atoms with E-state index in [-0.39, 0.29) is 47.8 Å². The number of aromatic nitrogens is 12. The van der Waals surface area contributed by atoms with Crippen molar-refractivity contribution in [1.82, 2.24) is 58.1 Å². The molecule has 758 valence electrons. The predicted octanol–water partition coefficient (Wildman–Crippen LogP) is 24.5. The third kappa shape index (κ3) is 20.3. The first-order valence-electron chi connectivity index (χ1n) is 49.0. The van der Waals surface area contributed by atoms with Crippen molar-refractivity contribution in [2.75, 3.05) is 26.7 Å². The minimum absolute atomic E-state index is 0.0888. The first-order valence-corrected chi connectivity index (χ1v) is 49.8. The van der Waals surface area contributed by atoms with Crippen LogP contribution in [0.4, 0.5) is 23.3 Å². The lowest BCUT2D eigenvalue weighted by atomic mass is 9.81. The number of hydrogen-bond acceptors (Lipinski definition) is 17. The van der Waals surface area contributed by atoms with E-state index in [9.17, 15) is 58.8 Å². The van der Waals surface area contributed by atoms with Gasteiger partial charge < -0.3 is 43.4 Å². The standard InChI is InChI=1S/C30H30N4O4.C30H30N4O3.2C29H27ClN4O3/c1-18(2)33-14-13-31-27(33)24-7-6-8-26(32-24)34-17-20-10-9-19(15-23(20)28(34)35)22-12-11-21(16-25(22)38-5)30(3,4)29(36)37;1-18(2)33-14-13-31-27(33)25-7-6-8-26(32-25)34-17-22-10-9-21(16-23(22)28(34)35)20-11-12-24(19(3)15-20)30(4,5)29(36)37;1-17(2)33-13-12-31-26(33)24-6-5-7-25(32-24)34-16-20-9-8-18(14-21(20)27(34)35)19-10-11-22(23(30)15-19)29(3,4)28(36)37;1-17(2)33-13-12-31-26(33)24-6-5-7-25(32-24)34-16-19-9-8-18(14-22(19)27(34)35)21-11-10-20(15-23(21)30)29(3,4)28(36)37/h6-16,18H,17H2,1-5H3,(H,36,37);6-16,18H,17H2,1-5H3,(H,36,37);2*5-15,17H,16H2,1-4H3,(H,36,37). The van der Waals surface area contributed by atoms with Crippen molar-refractivity contribution in [3.8, 4) is 96.3 Å². The van der Waals surface area contributed by atoms with Crippen LogP contribution in [0.15, 0.2) is 268 Å². The summed E-state index contributed by atoms with van der Waals surface area (Å²) in [5.41, 5.74) is 14.9. The average Bonchev–Trinajstić information content (AvgIpc) is 1.65. The third-order valence-electron chi connectivity index (χ3n) is 28.1. The molecule has 31 heteroatoms. The molecule has 4 aliphatic rings. The van der Waals surface area contributed by atoms with Crippen LogP contribution in [0, 0.1) is 6.92 Å². The summed E-state index contributed by atoms with van der Waals surface area (Å²) in [6.45, 7) is 33.6. The Labute approximate surface area is 873 Å². The maximum Gasteiger partial charge on any atom is 0.313 e. The van der Waals surface area contributed by atoms with Gasteiger partial charge in [-0.1, -0.05) is 151 Å². The Morgan fingerprint density at radius 2 is 0.597 bits per heavy atom. The number of nitrogens with zero attached hydrogens (tertiary/aromatic N) is 16. The maximum atomic E-state index is 13.5. The fraction of sp³-hybridized carbons (Fsp3) is 0.254. The fourth-order valence-corrected chi connectivity index (χ4v) is 19.5. The highest BCUT2D eigenvalue weighted by atomic mass is 35.5. The lowest BCUT2D eigenvalue weighted by molar-refractivity contribution is -0.143. The topological polar surface area (TPSA) is 363 Å². The van der Waals surface area contributed by atoms with Crippen LogP contribution < -0.4 is 24.3 Å². The number of fused-ring (bicyclic) bond motifs is 4. The first-order chi connectivity index (χ1) is 70.8. The molecule has 8 aromatic carbocycles. The van der Waals surface area contributed by atoms with Crippen molar-refractivity contribution >= 4 is 94.0 Å². The molecule has 20 rings (SSSR count). The summed E-state index contributed by atoms with van der Waals surface area (Å²) in [6, 6.07) is 68.4. The molecule has 4 N–H and O–H groups in total. The number of halogens is 2. The molecule has 12 heterocycles. The lowest BCUT2D eigenvalue weighted by Crippen LogP contribution is -2.29. The predicted molar refractivity (Wildman–Crippen MR) is 577 cm³/mol. The number of carbonyl (C=O) groups excluding carboxylic acids is 4. The van der Waals surface area contributed by atoms with Crippen LogP contribution in [0.3, 0.4) is 0 Å². The number of carboxylic acid groups (broad SMARTS) is 4. The number of benzene rings is 8. The number of imidazole rings is 4. The Morgan fingerprint density at radius 3 is 0.906 bits per heavy atom. The van der Waals surface area contributed by atoms with E-state index in [2.05, 4.69) is 84.5 Å². The van der Waals surface area contributed by atoms with Gasteiger partial charge in [0, 0.05) is 117 Å². The minimum Gasteiger partial charge on any atom is -0.496 e. The molecule has 4 amide bonds. The van der Waals surface area contributed by atoms with Gasteiger partial charge in [-0.15, -0.1) is 0 Å². The quantitative estimate of drug-likeness (QED) is 0.0413. The number of hydrogen-bond donors (Lipinski definition) is 4. The Balaban J connectivity index is 0.000000135.